The number of ketones is 1. The van der Waals surface area contributed by atoms with Crippen molar-refractivity contribution in [3.8, 4) is 16.9 Å². The molecular formula is C18H13ClO4. The maximum absolute atomic E-state index is 11.8. The molecule has 0 fully saturated rings. The number of carbonyl (C=O) groups excluding carboxylic acids is 1. The van der Waals surface area contributed by atoms with Gasteiger partial charge < -0.3 is 9.15 Å². The van der Waals surface area contributed by atoms with E-state index < -0.39 is 5.63 Å². The first-order valence-corrected chi connectivity index (χ1v) is 7.37. The highest BCUT2D eigenvalue weighted by atomic mass is 35.5. The summed E-state index contributed by atoms with van der Waals surface area (Å²) in [6.07, 6.45) is 0. The zero-order chi connectivity index (χ0) is 16.4. The fourth-order valence-corrected chi connectivity index (χ4v) is 2.53. The lowest BCUT2D eigenvalue weighted by Crippen LogP contribution is -2.07. The van der Waals surface area contributed by atoms with Crippen molar-refractivity contribution >= 4 is 28.4 Å². The van der Waals surface area contributed by atoms with Gasteiger partial charge in [0.05, 0.1) is 5.02 Å². The van der Waals surface area contributed by atoms with Crippen molar-refractivity contribution in [2.75, 3.05) is 6.61 Å². The van der Waals surface area contributed by atoms with Gasteiger partial charge in [-0.1, -0.05) is 41.9 Å². The summed E-state index contributed by atoms with van der Waals surface area (Å²) >= 11 is 6.23. The van der Waals surface area contributed by atoms with Crippen molar-refractivity contribution in [1.29, 1.82) is 0 Å². The van der Waals surface area contributed by atoms with Gasteiger partial charge in [-0.15, -0.1) is 0 Å². The van der Waals surface area contributed by atoms with Gasteiger partial charge in [0, 0.05) is 17.5 Å². The predicted octanol–water partition coefficient (Wildman–Crippen LogP) is 4.08. The van der Waals surface area contributed by atoms with E-state index in [1.54, 1.807) is 6.07 Å². The van der Waals surface area contributed by atoms with Gasteiger partial charge in [0.1, 0.15) is 17.9 Å². The fraction of sp³-hybridized carbons (Fsp3) is 0.111. The number of ether oxygens (including phenoxy) is 1. The number of fused-ring (bicyclic) bond motifs is 1. The van der Waals surface area contributed by atoms with Gasteiger partial charge in [0.2, 0.25) is 0 Å². The Kier molecular flexibility index (Phi) is 4.17. The number of benzene rings is 2. The standard InChI is InChI=1S/C18H13ClO4/c1-11(20)10-22-17-9-16-14(7-15(17)19)13(8-18(21)23-16)12-5-3-2-4-6-12/h2-9H,10H2,1H3. The van der Waals surface area contributed by atoms with Gasteiger partial charge in [0.15, 0.2) is 5.78 Å². The monoisotopic (exact) mass is 328 g/mol. The predicted molar refractivity (Wildman–Crippen MR) is 89.1 cm³/mol. The molecule has 0 atom stereocenters. The van der Waals surface area contributed by atoms with Gasteiger partial charge in [-0.2, -0.15) is 0 Å². The molecule has 5 heteroatoms. The van der Waals surface area contributed by atoms with Crippen LogP contribution in [-0.4, -0.2) is 12.4 Å². The smallest absolute Gasteiger partial charge is 0.336 e. The van der Waals surface area contributed by atoms with Gasteiger partial charge >= 0.3 is 5.63 Å². The topological polar surface area (TPSA) is 56.5 Å². The number of carbonyl (C=O) groups is 1. The van der Waals surface area contributed by atoms with Crippen molar-refractivity contribution in [2.24, 2.45) is 0 Å². The molecule has 1 aromatic heterocycles. The molecule has 0 radical (unpaired) electrons. The van der Waals surface area contributed by atoms with E-state index in [-0.39, 0.29) is 12.4 Å². The minimum Gasteiger partial charge on any atom is -0.484 e. The third-order valence-electron chi connectivity index (χ3n) is 3.31. The van der Waals surface area contributed by atoms with E-state index in [1.807, 2.05) is 30.3 Å². The molecule has 1 heterocycles. The third kappa shape index (κ3) is 3.27. The fourth-order valence-electron chi connectivity index (χ4n) is 2.31. The quantitative estimate of drug-likeness (QED) is 0.677. The molecule has 3 rings (SSSR count). The van der Waals surface area contributed by atoms with Gasteiger partial charge in [-0.25, -0.2) is 4.79 Å². The Labute approximate surface area is 137 Å². The molecule has 2 aromatic carbocycles. The average molecular weight is 329 g/mol. The first-order valence-electron chi connectivity index (χ1n) is 6.99. The van der Waals surface area contributed by atoms with E-state index in [9.17, 15) is 9.59 Å². The number of hydrogen-bond donors (Lipinski definition) is 0. The van der Waals surface area contributed by atoms with E-state index in [4.69, 9.17) is 20.8 Å². The van der Waals surface area contributed by atoms with Crippen LogP contribution in [-0.2, 0) is 4.79 Å². The van der Waals surface area contributed by atoms with Crippen molar-refractivity contribution < 1.29 is 13.9 Å². The maximum Gasteiger partial charge on any atom is 0.336 e. The molecule has 3 aromatic rings. The second-order valence-electron chi connectivity index (χ2n) is 5.11. The highest BCUT2D eigenvalue weighted by molar-refractivity contribution is 6.33. The molecule has 0 amide bonds. The number of hydrogen-bond acceptors (Lipinski definition) is 4. The van der Waals surface area contributed by atoms with Gasteiger partial charge in [0.25, 0.3) is 0 Å². The Morgan fingerprint density at radius 1 is 1.17 bits per heavy atom. The third-order valence-corrected chi connectivity index (χ3v) is 3.61. The molecule has 0 saturated carbocycles. The highest BCUT2D eigenvalue weighted by Gasteiger charge is 2.12. The summed E-state index contributed by atoms with van der Waals surface area (Å²) in [5.74, 6) is 0.184. The first kappa shape index (κ1) is 15.3. The van der Waals surface area contributed by atoms with Crippen LogP contribution in [0.5, 0.6) is 5.75 Å². The van der Waals surface area contributed by atoms with Crippen molar-refractivity contribution in [2.45, 2.75) is 6.92 Å². The normalized spacial score (nSPS) is 10.7. The lowest BCUT2D eigenvalue weighted by atomic mass is 10.0. The van der Waals surface area contributed by atoms with Crippen LogP contribution in [0.4, 0.5) is 0 Å². The van der Waals surface area contributed by atoms with E-state index in [0.717, 1.165) is 11.1 Å². The van der Waals surface area contributed by atoms with Gasteiger partial charge in [-0.3, -0.25) is 4.79 Å². The van der Waals surface area contributed by atoms with Crippen LogP contribution in [0.2, 0.25) is 5.02 Å². The largest absolute Gasteiger partial charge is 0.484 e. The molecule has 0 saturated heterocycles. The molecule has 116 valence electrons. The van der Waals surface area contributed by atoms with Gasteiger partial charge in [-0.05, 0) is 24.1 Å². The maximum atomic E-state index is 11.8. The molecule has 0 N–H and O–H groups in total. The molecular weight excluding hydrogens is 316 g/mol. The molecule has 4 nitrogen and oxygen atoms in total. The first-order chi connectivity index (χ1) is 11.0. The summed E-state index contributed by atoms with van der Waals surface area (Å²) in [6, 6.07) is 14.1. The minimum atomic E-state index is -0.462. The van der Waals surface area contributed by atoms with Crippen molar-refractivity contribution in [3.63, 3.8) is 0 Å². The summed E-state index contributed by atoms with van der Waals surface area (Å²) in [6.45, 7) is 1.33. The van der Waals surface area contributed by atoms with Crippen LogP contribution in [0, 0.1) is 0 Å². The van der Waals surface area contributed by atoms with E-state index in [0.29, 0.717) is 21.7 Å². The van der Waals surface area contributed by atoms with Crippen LogP contribution >= 0.6 is 11.6 Å². The van der Waals surface area contributed by atoms with E-state index in [2.05, 4.69) is 0 Å². The number of Topliss-reactive ketones (excluding diaryl/α,β-unsaturated/α-hetero) is 1. The van der Waals surface area contributed by atoms with Crippen LogP contribution < -0.4 is 10.4 Å². The molecule has 0 unspecified atom stereocenters. The molecule has 0 bridgehead atoms. The Morgan fingerprint density at radius 2 is 1.91 bits per heavy atom. The summed E-state index contributed by atoms with van der Waals surface area (Å²) in [5, 5.41) is 1.06. The summed E-state index contributed by atoms with van der Waals surface area (Å²) in [7, 11) is 0. The molecule has 23 heavy (non-hydrogen) atoms. The summed E-state index contributed by atoms with van der Waals surface area (Å²) < 4.78 is 10.6. The van der Waals surface area contributed by atoms with Crippen molar-refractivity contribution in [3.05, 3.63) is 64.0 Å². The summed E-state index contributed by atoms with van der Waals surface area (Å²) in [5.41, 5.74) is 1.52. The summed E-state index contributed by atoms with van der Waals surface area (Å²) in [4.78, 5) is 22.9. The van der Waals surface area contributed by atoms with Crippen LogP contribution in [0.1, 0.15) is 6.92 Å². The Balaban J connectivity index is 2.18. The van der Waals surface area contributed by atoms with Crippen LogP contribution in [0.3, 0.4) is 0 Å². The van der Waals surface area contributed by atoms with Crippen LogP contribution in [0.15, 0.2) is 57.7 Å². The molecule has 0 aliphatic heterocycles. The second-order valence-corrected chi connectivity index (χ2v) is 5.52. The van der Waals surface area contributed by atoms with Crippen LogP contribution in [0.25, 0.3) is 22.1 Å². The average Bonchev–Trinajstić information content (AvgIpc) is 2.53. The lowest BCUT2D eigenvalue weighted by Gasteiger charge is -2.10. The molecule has 0 aliphatic rings. The number of rotatable bonds is 4. The van der Waals surface area contributed by atoms with E-state index in [1.165, 1.54) is 19.1 Å². The zero-order valence-electron chi connectivity index (χ0n) is 12.3. The number of halogens is 1. The Bertz CT molecular complexity index is 929. The zero-order valence-corrected chi connectivity index (χ0v) is 13.1. The van der Waals surface area contributed by atoms with E-state index >= 15 is 0 Å². The SMILES string of the molecule is CC(=O)COc1cc2oc(=O)cc(-c3ccccc3)c2cc1Cl. The highest BCUT2D eigenvalue weighted by Crippen LogP contribution is 2.34. The Morgan fingerprint density at radius 3 is 2.61 bits per heavy atom. The minimum absolute atomic E-state index is 0.0894. The molecule has 0 spiro atoms. The Hall–Kier alpha value is -2.59. The second kappa shape index (κ2) is 6.26. The lowest BCUT2D eigenvalue weighted by molar-refractivity contribution is -0.118. The van der Waals surface area contributed by atoms with Crippen molar-refractivity contribution in [1.82, 2.24) is 0 Å². The molecule has 0 aliphatic carbocycles.